The van der Waals surface area contributed by atoms with Crippen LogP contribution in [0.25, 0.3) is 0 Å². The summed E-state index contributed by atoms with van der Waals surface area (Å²) in [5.74, 6) is 3.03. The second kappa shape index (κ2) is 80.3. The Morgan fingerprint density at radius 1 is 0.224 bits per heavy atom. The number of hydrogen-bond donors (Lipinski definition) is 4. The van der Waals surface area contributed by atoms with E-state index in [1.165, 1.54) is 308 Å². The van der Waals surface area contributed by atoms with Gasteiger partial charge in [0.15, 0.2) is 0 Å². The van der Waals surface area contributed by atoms with E-state index in [1.54, 1.807) is 47.0 Å². The van der Waals surface area contributed by atoms with Crippen LogP contribution in [0.15, 0.2) is 48.6 Å². The van der Waals surface area contributed by atoms with Crippen molar-refractivity contribution in [1.82, 2.24) is 0 Å². The largest absolute Gasteiger partial charge is 0.478 e. The van der Waals surface area contributed by atoms with Crippen molar-refractivity contribution >= 4 is 70.9 Å². The highest BCUT2D eigenvalue weighted by atomic mass is 32.2. The van der Waals surface area contributed by atoms with Crippen molar-refractivity contribution in [3.05, 3.63) is 48.6 Å². The van der Waals surface area contributed by atoms with Crippen LogP contribution < -0.4 is 0 Å². The molecule has 0 saturated heterocycles. The van der Waals surface area contributed by atoms with E-state index < -0.39 is 23.9 Å². The molecule has 0 aromatic carbocycles. The van der Waals surface area contributed by atoms with Gasteiger partial charge in [0.2, 0.25) is 0 Å². The lowest BCUT2D eigenvalue weighted by atomic mass is 10.1. The topological polar surface area (TPSA) is 149 Å². The predicted octanol–water partition coefficient (Wildman–Crippen LogP) is 24.9. The average molecular weight is 1270 g/mol. The van der Waals surface area contributed by atoms with Crippen molar-refractivity contribution in [2.24, 2.45) is 0 Å². The monoisotopic (exact) mass is 1270 g/mol. The second-order valence-corrected chi connectivity index (χ2v) is 27.8. The van der Waals surface area contributed by atoms with E-state index in [2.05, 4.69) is 54.0 Å². The normalized spacial score (nSPS) is 10.6. The summed E-state index contributed by atoms with van der Waals surface area (Å²) in [6, 6.07) is 0. The highest BCUT2D eigenvalue weighted by Crippen LogP contribution is 2.19. The Morgan fingerprint density at radius 3 is 0.435 bits per heavy atom. The van der Waals surface area contributed by atoms with Crippen molar-refractivity contribution in [1.29, 1.82) is 0 Å². The van der Waals surface area contributed by atoms with Crippen LogP contribution >= 0.6 is 47.0 Å². The van der Waals surface area contributed by atoms with Crippen LogP contribution in [0.1, 0.15) is 343 Å². The minimum absolute atomic E-state index is 0. The van der Waals surface area contributed by atoms with E-state index in [9.17, 15) is 19.2 Å². The summed E-state index contributed by atoms with van der Waals surface area (Å²) in [5.41, 5.74) is 1.27. The molecule has 0 amide bonds. The fraction of sp³-hybridized carbons (Fsp3) is 0.836. The summed E-state index contributed by atoms with van der Waals surface area (Å²) in [4.78, 5) is 42.2. The zero-order chi connectivity index (χ0) is 63.0. The first-order valence-electron chi connectivity index (χ1n) is 34.7. The van der Waals surface area contributed by atoms with Crippen molar-refractivity contribution < 1.29 is 39.6 Å². The highest BCUT2D eigenvalue weighted by molar-refractivity contribution is 8.00. The van der Waals surface area contributed by atoms with Crippen LogP contribution in [0.4, 0.5) is 0 Å². The standard InChI is InChI=1S/4C18H34O2S.CH4/c4*1-3-4-5-6-7-8-9-10-11-12-13-14-15-21-16-17(2)18(19)20;/h4*2-16H2,1H3,(H,19,20);1H4. The molecular weight excluding hydrogens is 1130 g/mol. The fourth-order valence-corrected chi connectivity index (χ4v) is 12.9. The van der Waals surface area contributed by atoms with E-state index in [4.69, 9.17) is 20.4 Å². The van der Waals surface area contributed by atoms with Gasteiger partial charge in [-0.15, -0.1) is 0 Å². The Labute approximate surface area is 545 Å². The predicted molar refractivity (Wildman–Crippen MR) is 387 cm³/mol. The zero-order valence-electron chi connectivity index (χ0n) is 55.5. The Bertz CT molecular complexity index is 1270. The molecule has 0 fully saturated rings. The smallest absolute Gasteiger partial charge is 0.331 e. The van der Waals surface area contributed by atoms with E-state index in [0.717, 1.165) is 23.0 Å². The van der Waals surface area contributed by atoms with Crippen LogP contribution in [0.5, 0.6) is 0 Å². The number of aliphatic carboxylic acids is 4. The van der Waals surface area contributed by atoms with Gasteiger partial charge in [-0.2, -0.15) is 47.0 Å². The van der Waals surface area contributed by atoms with Crippen LogP contribution in [0.3, 0.4) is 0 Å². The minimum atomic E-state index is -0.864. The van der Waals surface area contributed by atoms with Gasteiger partial charge >= 0.3 is 23.9 Å². The maximum Gasteiger partial charge on any atom is 0.331 e. The van der Waals surface area contributed by atoms with Crippen molar-refractivity contribution in [2.75, 3.05) is 46.0 Å². The summed E-state index contributed by atoms with van der Waals surface area (Å²) in [6.45, 7) is 23.2. The highest BCUT2D eigenvalue weighted by Gasteiger charge is 2.06. The van der Waals surface area contributed by atoms with Gasteiger partial charge in [0.05, 0.1) is 0 Å². The van der Waals surface area contributed by atoms with E-state index >= 15 is 0 Å². The minimum Gasteiger partial charge on any atom is -0.478 e. The van der Waals surface area contributed by atoms with E-state index in [0.29, 0.717) is 45.3 Å². The molecule has 0 heterocycles. The van der Waals surface area contributed by atoms with Gasteiger partial charge < -0.3 is 20.4 Å². The van der Waals surface area contributed by atoms with Gasteiger partial charge in [-0.25, -0.2) is 19.2 Å². The molecule has 504 valence electrons. The zero-order valence-corrected chi connectivity index (χ0v) is 58.7. The van der Waals surface area contributed by atoms with Crippen LogP contribution in [0, 0.1) is 0 Å². The summed E-state index contributed by atoms with van der Waals surface area (Å²) < 4.78 is 0. The Kier molecular flexibility index (Phi) is 86.8. The summed E-state index contributed by atoms with van der Waals surface area (Å²) in [7, 11) is 0. The molecule has 0 aromatic rings. The molecule has 0 aliphatic heterocycles. The maximum atomic E-state index is 10.6. The summed E-state index contributed by atoms with van der Waals surface area (Å²) in [6.07, 6.45) is 65.5. The molecule has 0 aliphatic rings. The van der Waals surface area contributed by atoms with E-state index in [-0.39, 0.29) is 7.43 Å². The first-order chi connectivity index (χ1) is 40.7. The van der Waals surface area contributed by atoms with Gasteiger partial charge in [-0.3, -0.25) is 0 Å². The second-order valence-electron chi connectivity index (χ2n) is 23.4. The maximum absolute atomic E-state index is 10.6. The number of hydrogen-bond acceptors (Lipinski definition) is 8. The molecule has 12 heteroatoms. The lowest BCUT2D eigenvalue weighted by Crippen LogP contribution is -2.01. The van der Waals surface area contributed by atoms with Crippen LogP contribution in [-0.4, -0.2) is 90.3 Å². The molecule has 0 rings (SSSR count). The molecule has 0 atom stereocenters. The molecule has 0 aromatic heterocycles. The lowest BCUT2D eigenvalue weighted by Gasteiger charge is -2.03. The Morgan fingerprint density at radius 2 is 0.329 bits per heavy atom. The molecule has 4 N–H and O–H groups in total. The van der Waals surface area contributed by atoms with Gasteiger partial charge in [-0.05, 0) is 48.7 Å². The first-order valence-corrected chi connectivity index (χ1v) is 39.3. The number of carbonyl (C=O) groups is 4. The molecule has 8 nitrogen and oxygen atoms in total. The number of carboxylic acids is 4. The SMILES string of the molecule is C.C=C(CSCCCCCCCCCCCCCC)C(=O)O.C=C(CSCCCCCCCCCCCCCC)C(=O)O.C=C(CSCCCCCCCCCCCCCC)C(=O)O.C=C(CSCCCCCCCCCCCCCC)C(=O)O. The van der Waals surface area contributed by atoms with Crippen molar-refractivity contribution in [3.63, 3.8) is 0 Å². The van der Waals surface area contributed by atoms with E-state index in [1.807, 2.05) is 0 Å². The fourth-order valence-electron chi connectivity index (χ4n) is 9.21. The Balaban J connectivity index is -0.000000333. The number of thioether (sulfide) groups is 4. The third-order valence-corrected chi connectivity index (χ3v) is 19.4. The van der Waals surface area contributed by atoms with Crippen LogP contribution in [0.2, 0.25) is 0 Å². The summed E-state index contributed by atoms with van der Waals surface area (Å²) >= 11 is 6.76. The molecule has 0 saturated carbocycles. The quantitative estimate of drug-likeness (QED) is 0.0339. The lowest BCUT2D eigenvalue weighted by molar-refractivity contribution is -0.133. The van der Waals surface area contributed by atoms with Gasteiger partial charge in [0.1, 0.15) is 0 Å². The third kappa shape index (κ3) is 86.5. The Hall–Kier alpha value is -1.76. The van der Waals surface area contributed by atoms with Crippen molar-refractivity contribution in [2.45, 2.75) is 343 Å². The summed E-state index contributed by atoms with van der Waals surface area (Å²) in [5, 5.41) is 34.7. The van der Waals surface area contributed by atoms with Gasteiger partial charge in [0, 0.05) is 45.3 Å². The third-order valence-electron chi connectivity index (χ3n) is 14.9. The first kappa shape index (κ1) is 92.0. The number of unbranched alkanes of at least 4 members (excludes halogenated alkanes) is 44. The molecule has 0 radical (unpaired) electrons. The molecule has 0 spiro atoms. The molecule has 0 bridgehead atoms. The number of carboxylic acid groups (broad SMARTS) is 4. The molecule has 85 heavy (non-hydrogen) atoms. The van der Waals surface area contributed by atoms with Gasteiger partial charge in [-0.1, -0.05) is 344 Å². The number of rotatable bonds is 64. The molecule has 0 unspecified atom stereocenters. The van der Waals surface area contributed by atoms with Gasteiger partial charge in [0.25, 0.3) is 0 Å². The molecular formula is C73H140O8S4. The average Bonchev–Trinajstić information content (AvgIpc) is 3.47. The molecule has 0 aliphatic carbocycles. The van der Waals surface area contributed by atoms with Crippen LogP contribution in [-0.2, 0) is 19.2 Å². The van der Waals surface area contributed by atoms with Crippen molar-refractivity contribution in [3.8, 4) is 0 Å².